The van der Waals surface area contributed by atoms with Crippen LogP contribution < -0.4 is 10.5 Å². The van der Waals surface area contributed by atoms with Crippen LogP contribution in [-0.4, -0.2) is 4.98 Å². The molecule has 1 heterocycles. The van der Waals surface area contributed by atoms with E-state index in [9.17, 15) is 0 Å². The Labute approximate surface area is 118 Å². The van der Waals surface area contributed by atoms with Gasteiger partial charge in [0.2, 0.25) is 0 Å². The quantitative estimate of drug-likeness (QED) is 0.782. The van der Waals surface area contributed by atoms with Crippen molar-refractivity contribution in [2.45, 2.75) is 13.5 Å². The van der Waals surface area contributed by atoms with Gasteiger partial charge in [-0.05, 0) is 36.2 Å². The van der Waals surface area contributed by atoms with Gasteiger partial charge in [0.25, 0.3) is 0 Å². The summed E-state index contributed by atoms with van der Waals surface area (Å²) in [5, 5.41) is 1.07. The number of aryl methyl sites for hydroxylation is 1. The highest BCUT2D eigenvalue weighted by Gasteiger charge is 2.06. The summed E-state index contributed by atoms with van der Waals surface area (Å²) in [7, 11) is 0. The van der Waals surface area contributed by atoms with Crippen LogP contribution in [0.2, 0.25) is 0 Å². The lowest BCUT2D eigenvalue weighted by molar-refractivity contribution is 0.483. The first-order chi connectivity index (χ1) is 9.78. The normalized spacial score (nSPS) is 10.7. The number of hydrogen-bond acceptors (Lipinski definition) is 3. The van der Waals surface area contributed by atoms with Crippen molar-refractivity contribution in [3.8, 4) is 11.5 Å². The van der Waals surface area contributed by atoms with E-state index in [0.29, 0.717) is 6.54 Å². The van der Waals surface area contributed by atoms with Gasteiger partial charge < -0.3 is 10.5 Å². The summed E-state index contributed by atoms with van der Waals surface area (Å²) in [5.41, 5.74) is 8.69. The fraction of sp³-hybridized carbons (Fsp3) is 0.118. The fourth-order valence-corrected chi connectivity index (χ4v) is 2.23. The standard InChI is InChI=1S/C17H16N2O/c1-12-10-13(11-18)7-8-15(12)20-16-6-2-4-14-5-3-9-19-17(14)16/h2-10H,11,18H2,1H3. The summed E-state index contributed by atoms with van der Waals surface area (Å²) in [6.45, 7) is 2.56. The van der Waals surface area contributed by atoms with Crippen molar-refractivity contribution in [2.24, 2.45) is 5.73 Å². The number of pyridine rings is 1. The summed E-state index contributed by atoms with van der Waals surface area (Å²) in [6.07, 6.45) is 1.78. The highest BCUT2D eigenvalue weighted by atomic mass is 16.5. The Morgan fingerprint density at radius 2 is 1.90 bits per heavy atom. The van der Waals surface area contributed by atoms with Gasteiger partial charge in [-0.3, -0.25) is 4.98 Å². The Morgan fingerprint density at radius 1 is 1.05 bits per heavy atom. The SMILES string of the molecule is Cc1cc(CN)ccc1Oc1cccc2cccnc12. The van der Waals surface area contributed by atoms with Crippen molar-refractivity contribution >= 4 is 10.9 Å². The van der Waals surface area contributed by atoms with Crippen LogP contribution in [0, 0.1) is 6.92 Å². The third-order valence-corrected chi connectivity index (χ3v) is 3.29. The van der Waals surface area contributed by atoms with Crippen molar-refractivity contribution < 1.29 is 4.74 Å². The molecule has 0 amide bonds. The molecule has 20 heavy (non-hydrogen) atoms. The number of para-hydroxylation sites is 1. The second-order valence-electron chi connectivity index (χ2n) is 4.74. The molecule has 3 rings (SSSR count). The van der Waals surface area contributed by atoms with Crippen molar-refractivity contribution in [2.75, 3.05) is 0 Å². The summed E-state index contributed by atoms with van der Waals surface area (Å²) in [4.78, 5) is 4.40. The lowest BCUT2D eigenvalue weighted by Gasteiger charge is -2.11. The molecule has 3 nitrogen and oxygen atoms in total. The van der Waals surface area contributed by atoms with Gasteiger partial charge in [-0.2, -0.15) is 0 Å². The van der Waals surface area contributed by atoms with Crippen LogP contribution in [0.25, 0.3) is 10.9 Å². The molecule has 0 bridgehead atoms. The van der Waals surface area contributed by atoms with E-state index < -0.39 is 0 Å². The molecule has 2 N–H and O–H groups in total. The topological polar surface area (TPSA) is 48.1 Å². The van der Waals surface area contributed by atoms with Gasteiger partial charge in [0, 0.05) is 18.1 Å². The second kappa shape index (κ2) is 5.31. The zero-order chi connectivity index (χ0) is 13.9. The number of ether oxygens (including phenoxy) is 1. The predicted molar refractivity (Wildman–Crippen MR) is 80.9 cm³/mol. The van der Waals surface area contributed by atoms with Gasteiger partial charge >= 0.3 is 0 Å². The van der Waals surface area contributed by atoms with Gasteiger partial charge in [0.1, 0.15) is 11.3 Å². The number of fused-ring (bicyclic) bond motifs is 1. The molecule has 0 saturated carbocycles. The zero-order valence-corrected chi connectivity index (χ0v) is 11.3. The Balaban J connectivity index is 2.01. The van der Waals surface area contributed by atoms with Crippen LogP contribution in [0.3, 0.4) is 0 Å². The zero-order valence-electron chi connectivity index (χ0n) is 11.3. The molecular weight excluding hydrogens is 248 g/mol. The molecule has 0 spiro atoms. The van der Waals surface area contributed by atoms with Crippen LogP contribution >= 0.6 is 0 Å². The average molecular weight is 264 g/mol. The summed E-state index contributed by atoms with van der Waals surface area (Å²) >= 11 is 0. The molecule has 0 saturated heterocycles. The Kier molecular flexibility index (Phi) is 3.35. The number of nitrogens with two attached hydrogens (primary N) is 1. The first kappa shape index (κ1) is 12.6. The molecule has 2 aromatic carbocycles. The minimum Gasteiger partial charge on any atom is -0.455 e. The van der Waals surface area contributed by atoms with Crippen LogP contribution in [0.15, 0.2) is 54.7 Å². The maximum Gasteiger partial charge on any atom is 0.153 e. The minimum atomic E-state index is 0.539. The molecule has 0 atom stereocenters. The molecule has 100 valence electrons. The van der Waals surface area contributed by atoms with E-state index in [4.69, 9.17) is 10.5 Å². The van der Waals surface area contributed by atoms with E-state index in [1.807, 2.05) is 55.5 Å². The van der Waals surface area contributed by atoms with Gasteiger partial charge in [0.15, 0.2) is 5.75 Å². The smallest absolute Gasteiger partial charge is 0.153 e. The molecule has 0 aliphatic rings. The molecule has 1 aromatic heterocycles. The van der Waals surface area contributed by atoms with Crippen molar-refractivity contribution in [1.29, 1.82) is 0 Å². The molecule has 0 unspecified atom stereocenters. The summed E-state index contributed by atoms with van der Waals surface area (Å²) < 4.78 is 6.02. The first-order valence-corrected chi connectivity index (χ1v) is 6.59. The fourth-order valence-electron chi connectivity index (χ4n) is 2.23. The van der Waals surface area contributed by atoms with Crippen LogP contribution in [0.1, 0.15) is 11.1 Å². The maximum atomic E-state index is 6.02. The molecule has 0 aliphatic heterocycles. The predicted octanol–water partition coefficient (Wildman–Crippen LogP) is 3.79. The van der Waals surface area contributed by atoms with E-state index >= 15 is 0 Å². The highest BCUT2D eigenvalue weighted by Crippen LogP contribution is 2.30. The molecule has 0 fully saturated rings. The summed E-state index contributed by atoms with van der Waals surface area (Å²) in [6, 6.07) is 15.9. The third kappa shape index (κ3) is 2.36. The van der Waals surface area contributed by atoms with E-state index in [1.165, 1.54) is 0 Å². The van der Waals surface area contributed by atoms with Gasteiger partial charge in [-0.1, -0.05) is 30.3 Å². The number of hydrogen-bond donors (Lipinski definition) is 1. The van der Waals surface area contributed by atoms with E-state index in [1.54, 1.807) is 6.20 Å². The van der Waals surface area contributed by atoms with E-state index in [0.717, 1.165) is 33.5 Å². The lowest BCUT2D eigenvalue weighted by Crippen LogP contribution is -1.97. The average Bonchev–Trinajstić information content (AvgIpc) is 2.49. The van der Waals surface area contributed by atoms with Gasteiger partial charge in [-0.15, -0.1) is 0 Å². The van der Waals surface area contributed by atoms with Crippen molar-refractivity contribution in [1.82, 2.24) is 4.98 Å². The Bertz CT molecular complexity index is 748. The monoisotopic (exact) mass is 264 g/mol. The van der Waals surface area contributed by atoms with Crippen LogP contribution in [-0.2, 0) is 6.54 Å². The largest absolute Gasteiger partial charge is 0.455 e. The minimum absolute atomic E-state index is 0.539. The maximum absolute atomic E-state index is 6.02. The molecule has 3 aromatic rings. The van der Waals surface area contributed by atoms with Crippen molar-refractivity contribution in [3.63, 3.8) is 0 Å². The van der Waals surface area contributed by atoms with E-state index in [2.05, 4.69) is 4.98 Å². The number of aromatic nitrogens is 1. The lowest BCUT2D eigenvalue weighted by atomic mass is 10.1. The molecule has 0 radical (unpaired) electrons. The highest BCUT2D eigenvalue weighted by molar-refractivity contribution is 5.84. The number of benzene rings is 2. The van der Waals surface area contributed by atoms with Crippen LogP contribution in [0.5, 0.6) is 11.5 Å². The second-order valence-corrected chi connectivity index (χ2v) is 4.74. The van der Waals surface area contributed by atoms with Gasteiger partial charge in [0.05, 0.1) is 0 Å². The third-order valence-electron chi connectivity index (χ3n) is 3.29. The van der Waals surface area contributed by atoms with Gasteiger partial charge in [-0.25, -0.2) is 0 Å². The Morgan fingerprint density at radius 3 is 2.70 bits per heavy atom. The molecule has 0 aliphatic carbocycles. The molecule has 3 heteroatoms. The van der Waals surface area contributed by atoms with Crippen molar-refractivity contribution in [3.05, 3.63) is 65.9 Å². The first-order valence-electron chi connectivity index (χ1n) is 6.59. The number of rotatable bonds is 3. The summed E-state index contributed by atoms with van der Waals surface area (Å²) in [5.74, 6) is 1.60. The Hall–Kier alpha value is -2.39. The molecular formula is C17H16N2O. The van der Waals surface area contributed by atoms with Crippen LogP contribution in [0.4, 0.5) is 0 Å². The van der Waals surface area contributed by atoms with E-state index in [-0.39, 0.29) is 0 Å². The number of nitrogens with zero attached hydrogens (tertiary/aromatic N) is 1.